The summed E-state index contributed by atoms with van der Waals surface area (Å²) >= 11 is 3.49. The van der Waals surface area contributed by atoms with E-state index in [1.54, 1.807) is 0 Å². The zero-order chi connectivity index (χ0) is 9.40. The van der Waals surface area contributed by atoms with Crippen LogP contribution in [0.4, 0.5) is 0 Å². The van der Waals surface area contributed by atoms with Crippen molar-refractivity contribution in [3.8, 4) is 0 Å². The number of alkyl halides is 1. The Morgan fingerprint density at radius 1 is 1.00 bits per heavy atom. The molecule has 12 heavy (non-hydrogen) atoms. The van der Waals surface area contributed by atoms with Crippen molar-refractivity contribution in [3.05, 3.63) is 35.9 Å². The molecule has 0 aliphatic carbocycles. The van der Waals surface area contributed by atoms with Crippen molar-refractivity contribution in [3.63, 3.8) is 0 Å². The molecule has 0 nitrogen and oxygen atoms in total. The monoisotopic (exact) mass is 352 g/mol. The van der Waals surface area contributed by atoms with Crippen molar-refractivity contribution in [1.82, 2.24) is 0 Å². The number of rotatable bonds is 1. The van der Waals surface area contributed by atoms with Gasteiger partial charge in [-0.1, -0.05) is 30.3 Å². The molecule has 0 saturated heterocycles. The van der Waals surface area contributed by atoms with E-state index in [9.17, 15) is 0 Å². The Morgan fingerprint density at radius 3 is 1.67 bits per heavy atom. The molecule has 0 aliphatic heterocycles. The number of halogens is 4. The summed E-state index contributed by atoms with van der Waals surface area (Å²) < 4.78 is 0. The van der Waals surface area contributed by atoms with Gasteiger partial charge in [-0.2, -0.15) is 0 Å². The van der Waals surface area contributed by atoms with Gasteiger partial charge in [0.25, 0.3) is 0 Å². The molecule has 0 heterocycles. The van der Waals surface area contributed by atoms with E-state index in [0.29, 0.717) is 5.88 Å². The normalized spacial score (nSPS) is 9.08. The Bertz CT molecular complexity index is 187. The molecule has 0 unspecified atom stereocenters. The van der Waals surface area contributed by atoms with Crippen LogP contribution in [0.1, 0.15) is 5.56 Å². The van der Waals surface area contributed by atoms with Crippen LogP contribution in [-0.4, -0.2) is 16.8 Å². The summed E-state index contributed by atoms with van der Waals surface area (Å²) in [5.41, 5.74) is 1.18. The van der Waals surface area contributed by atoms with Crippen molar-refractivity contribution in [2.24, 2.45) is 0 Å². The van der Waals surface area contributed by atoms with E-state index in [-0.39, 0.29) is 0 Å². The van der Waals surface area contributed by atoms with Crippen molar-refractivity contribution in [2.75, 3.05) is 0 Å². The third-order valence-electron chi connectivity index (χ3n) is 0.997. The second-order valence-corrected chi connectivity index (χ2v) is 13.5. The third-order valence-corrected chi connectivity index (χ3v) is 1.31. The topological polar surface area (TPSA) is 0 Å². The molecule has 0 bridgehead atoms. The van der Waals surface area contributed by atoms with Crippen molar-refractivity contribution >= 4 is 54.9 Å². The minimum atomic E-state index is -2.03. The standard InChI is InChI=1S/C7H7Cl.3ClH.Sb/c8-6-7-4-2-1-3-5-7;;;;/h1-5H,6H2;3*1H;/q;;;;+3/p-3. The van der Waals surface area contributed by atoms with Gasteiger partial charge >= 0.3 is 43.3 Å². The molecule has 5 heteroatoms. The van der Waals surface area contributed by atoms with Crippen LogP contribution in [0.3, 0.4) is 0 Å². The van der Waals surface area contributed by atoms with Gasteiger partial charge in [0.1, 0.15) is 0 Å². The molecule has 0 spiro atoms. The summed E-state index contributed by atoms with van der Waals surface area (Å²) in [6.07, 6.45) is 0. The van der Waals surface area contributed by atoms with Crippen LogP contribution in [0.2, 0.25) is 0 Å². The van der Waals surface area contributed by atoms with Crippen LogP contribution >= 0.6 is 38.1 Å². The van der Waals surface area contributed by atoms with E-state index in [0.717, 1.165) is 0 Å². The first-order valence-corrected chi connectivity index (χ1v) is 13.3. The Balaban J connectivity index is 0.000000261. The average molecular weight is 355 g/mol. The van der Waals surface area contributed by atoms with Gasteiger partial charge in [-0.3, -0.25) is 0 Å². The number of hydrogen-bond donors (Lipinski definition) is 0. The van der Waals surface area contributed by atoms with E-state index in [1.807, 2.05) is 30.3 Å². The van der Waals surface area contributed by atoms with Gasteiger partial charge in [-0.25, -0.2) is 0 Å². The fraction of sp³-hybridized carbons (Fsp3) is 0.143. The number of benzene rings is 1. The molecule has 1 aromatic carbocycles. The molecule has 0 radical (unpaired) electrons. The van der Waals surface area contributed by atoms with Gasteiger partial charge in [-0.15, -0.1) is 11.6 Å². The van der Waals surface area contributed by atoms with Crippen LogP contribution in [0.5, 0.6) is 0 Å². The quantitative estimate of drug-likeness (QED) is 0.526. The van der Waals surface area contributed by atoms with Crippen molar-refractivity contribution < 1.29 is 0 Å². The van der Waals surface area contributed by atoms with E-state index < -0.39 is 16.8 Å². The molecule has 0 N–H and O–H groups in total. The summed E-state index contributed by atoms with van der Waals surface area (Å²) in [6, 6.07) is 9.96. The fourth-order valence-corrected chi connectivity index (χ4v) is 0.745. The molecule has 0 fully saturated rings. The molecule has 68 valence electrons. The third kappa shape index (κ3) is 9.29. The fourth-order valence-electron chi connectivity index (χ4n) is 0.567. The maximum atomic E-state index is 5.53. The summed E-state index contributed by atoms with van der Waals surface area (Å²) in [5.74, 6) is 0.612. The van der Waals surface area contributed by atoms with Gasteiger partial charge in [0.2, 0.25) is 0 Å². The van der Waals surface area contributed by atoms with E-state index in [2.05, 4.69) is 0 Å². The SMILES string of the molecule is ClCc1ccccc1.[Cl][Sb]([Cl])[Cl]. The first kappa shape index (κ1) is 13.2. The maximum absolute atomic E-state index is 5.53. The van der Waals surface area contributed by atoms with Crippen molar-refractivity contribution in [1.29, 1.82) is 0 Å². The molecule has 0 aromatic heterocycles. The second kappa shape index (κ2) is 8.78. The molecular formula is C7H7Cl4Sb. The van der Waals surface area contributed by atoms with Gasteiger partial charge in [0.05, 0.1) is 0 Å². The summed E-state index contributed by atoms with van der Waals surface area (Å²) in [6.45, 7) is 0. The predicted molar refractivity (Wildman–Crippen MR) is 59.3 cm³/mol. The van der Waals surface area contributed by atoms with Gasteiger partial charge < -0.3 is 0 Å². The van der Waals surface area contributed by atoms with Crippen LogP contribution in [0.25, 0.3) is 0 Å². The summed E-state index contributed by atoms with van der Waals surface area (Å²) in [7, 11) is 15.0. The first-order chi connectivity index (χ1) is 5.66. The average Bonchev–Trinajstić information content (AvgIpc) is 2.05. The zero-order valence-corrected chi connectivity index (χ0v) is 11.6. The Morgan fingerprint density at radius 2 is 1.42 bits per heavy atom. The van der Waals surface area contributed by atoms with Crippen LogP contribution in [0.15, 0.2) is 30.3 Å². The van der Waals surface area contributed by atoms with E-state index in [4.69, 9.17) is 38.1 Å². The van der Waals surface area contributed by atoms with Gasteiger partial charge in [-0.05, 0) is 5.56 Å². The Labute approximate surface area is 95.8 Å². The zero-order valence-electron chi connectivity index (χ0n) is 6.05. The van der Waals surface area contributed by atoms with Gasteiger partial charge in [0, 0.05) is 5.88 Å². The Kier molecular flexibility index (Phi) is 9.66. The minimum absolute atomic E-state index is 0.612. The Hall–Kier alpha value is 1.20. The van der Waals surface area contributed by atoms with Crippen LogP contribution in [-0.2, 0) is 5.88 Å². The first-order valence-electron chi connectivity index (χ1n) is 3.04. The molecule has 1 rings (SSSR count). The van der Waals surface area contributed by atoms with Crippen LogP contribution < -0.4 is 0 Å². The van der Waals surface area contributed by atoms with Gasteiger partial charge in [0.15, 0.2) is 0 Å². The summed E-state index contributed by atoms with van der Waals surface area (Å²) in [4.78, 5) is 0. The predicted octanol–water partition coefficient (Wildman–Crippen LogP) is 4.11. The second-order valence-electron chi connectivity index (χ2n) is 1.81. The molecule has 0 saturated carbocycles. The van der Waals surface area contributed by atoms with Crippen LogP contribution in [0, 0.1) is 0 Å². The van der Waals surface area contributed by atoms with Crippen molar-refractivity contribution in [2.45, 2.75) is 5.88 Å². The number of hydrogen-bond acceptors (Lipinski definition) is 0. The molecule has 1 aromatic rings. The molecule has 0 aliphatic rings. The molecule has 0 atom stereocenters. The summed E-state index contributed by atoms with van der Waals surface area (Å²) in [5, 5.41) is 0. The molecular weight excluding hydrogens is 348 g/mol. The van der Waals surface area contributed by atoms with E-state index in [1.165, 1.54) is 5.56 Å². The molecule has 0 amide bonds. The van der Waals surface area contributed by atoms with E-state index >= 15 is 0 Å².